The molecule has 1 amide bonds. The molecule has 0 radical (unpaired) electrons. The van der Waals surface area contributed by atoms with Gasteiger partial charge in [0.2, 0.25) is 16.8 Å². The Labute approximate surface area is 193 Å². The van der Waals surface area contributed by atoms with Crippen molar-refractivity contribution >= 4 is 15.9 Å². The maximum Gasteiger partial charge on any atom is 0.267 e. The fraction of sp³-hybridized carbons (Fsp3) is 0.522. The lowest BCUT2D eigenvalue weighted by atomic mass is 9.74. The van der Waals surface area contributed by atoms with Crippen molar-refractivity contribution in [2.45, 2.75) is 36.0 Å². The van der Waals surface area contributed by atoms with E-state index in [1.807, 2.05) is 18.2 Å². The SMILES string of the molecule is Cn1cc(S(=O)(=O)N2CCCC2)cc1C(=O)NCC1(c2ccc3c(c2)OCO3)CCOCC1. The summed E-state index contributed by atoms with van der Waals surface area (Å²) in [5, 5.41) is 3.06. The van der Waals surface area contributed by atoms with E-state index in [-0.39, 0.29) is 23.0 Å². The summed E-state index contributed by atoms with van der Waals surface area (Å²) < 4.78 is 45.5. The number of ether oxygens (including phenoxy) is 3. The lowest BCUT2D eigenvalue weighted by Crippen LogP contribution is -2.44. The van der Waals surface area contributed by atoms with E-state index in [4.69, 9.17) is 14.2 Å². The highest BCUT2D eigenvalue weighted by atomic mass is 32.2. The van der Waals surface area contributed by atoms with Crippen LogP contribution >= 0.6 is 0 Å². The lowest BCUT2D eigenvalue weighted by molar-refractivity contribution is 0.0486. The van der Waals surface area contributed by atoms with Gasteiger partial charge in [-0.3, -0.25) is 4.79 Å². The molecule has 0 saturated carbocycles. The third kappa shape index (κ3) is 4.11. The Morgan fingerprint density at radius 2 is 1.82 bits per heavy atom. The molecule has 5 rings (SSSR count). The topological polar surface area (TPSA) is 99.1 Å². The van der Waals surface area contributed by atoms with Crippen LogP contribution in [0.4, 0.5) is 0 Å². The van der Waals surface area contributed by atoms with Gasteiger partial charge in [0.25, 0.3) is 5.91 Å². The van der Waals surface area contributed by atoms with Crippen molar-refractivity contribution < 1.29 is 27.4 Å². The molecule has 0 atom stereocenters. The maximum absolute atomic E-state index is 13.1. The lowest BCUT2D eigenvalue weighted by Gasteiger charge is -2.38. The van der Waals surface area contributed by atoms with Crippen LogP contribution in [0.3, 0.4) is 0 Å². The monoisotopic (exact) mass is 475 g/mol. The van der Waals surface area contributed by atoms with Crippen molar-refractivity contribution in [3.63, 3.8) is 0 Å². The summed E-state index contributed by atoms with van der Waals surface area (Å²) in [6.07, 6.45) is 4.77. The van der Waals surface area contributed by atoms with Gasteiger partial charge in [0.15, 0.2) is 11.5 Å². The average molecular weight is 476 g/mol. The molecule has 2 aromatic rings. The van der Waals surface area contributed by atoms with E-state index < -0.39 is 10.0 Å². The molecule has 9 nitrogen and oxygen atoms in total. The molecule has 3 aliphatic heterocycles. The maximum atomic E-state index is 13.1. The van der Waals surface area contributed by atoms with Crippen LogP contribution in [0.15, 0.2) is 35.4 Å². The minimum atomic E-state index is -3.58. The van der Waals surface area contributed by atoms with Crippen molar-refractivity contribution in [1.82, 2.24) is 14.2 Å². The first-order valence-electron chi connectivity index (χ1n) is 11.3. The van der Waals surface area contributed by atoms with E-state index in [0.717, 1.165) is 37.0 Å². The van der Waals surface area contributed by atoms with Gasteiger partial charge >= 0.3 is 0 Å². The standard InChI is InChI=1S/C23H29N3O6S/c1-25-14-18(33(28,29)26-8-2-3-9-26)13-19(25)22(27)24-15-23(6-10-30-11-7-23)17-4-5-20-21(12-17)32-16-31-20/h4-5,12-14H,2-3,6-11,15-16H2,1H3,(H,24,27). The minimum Gasteiger partial charge on any atom is -0.454 e. The summed E-state index contributed by atoms with van der Waals surface area (Å²) in [6.45, 7) is 2.88. The van der Waals surface area contributed by atoms with Crippen LogP contribution in [-0.4, -0.2) is 62.8 Å². The number of hydrogen-bond donors (Lipinski definition) is 1. The van der Waals surface area contributed by atoms with Crippen molar-refractivity contribution in [2.75, 3.05) is 39.6 Å². The molecule has 2 saturated heterocycles. The quantitative estimate of drug-likeness (QED) is 0.686. The molecule has 1 N–H and O–H groups in total. The van der Waals surface area contributed by atoms with E-state index >= 15 is 0 Å². The van der Waals surface area contributed by atoms with Gasteiger partial charge in [0.1, 0.15) is 10.6 Å². The fourth-order valence-corrected chi connectivity index (χ4v) is 6.46. The molecule has 3 aliphatic rings. The summed E-state index contributed by atoms with van der Waals surface area (Å²) in [5.41, 5.74) is 1.09. The second-order valence-corrected chi connectivity index (χ2v) is 10.9. The summed E-state index contributed by atoms with van der Waals surface area (Å²) in [7, 11) is -1.89. The van der Waals surface area contributed by atoms with Crippen LogP contribution in [0.1, 0.15) is 41.7 Å². The number of hydrogen-bond acceptors (Lipinski definition) is 6. The first kappa shape index (κ1) is 22.2. The van der Waals surface area contributed by atoms with E-state index in [1.54, 1.807) is 11.6 Å². The highest BCUT2D eigenvalue weighted by Gasteiger charge is 2.36. The molecule has 1 aromatic carbocycles. The number of benzene rings is 1. The molecule has 2 fully saturated rings. The van der Waals surface area contributed by atoms with Crippen LogP contribution in [0.5, 0.6) is 11.5 Å². The number of amides is 1. The van der Waals surface area contributed by atoms with Crippen LogP contribution in [0.2, 0.25) is 0 Å². The number of fused-ring (bicyclic) bond motifs is 1. The number of rotatable bonds is 6. The second-order valence-electron chi connectivity index (χ2n) is 8.93. The highest BCUT2D eigenvalue weighted by Crippen LogP contribution is 2.40. The van der Waals surface area contributed by atoms with Crippen LogP contribution in [0.25, 0.3) is 0 Å². The Bertz CT molecular complexity index is 1150. The van der Waals surface area contributed by atoms with E-state index in [2.05, 4.69) is 5.32 Å². The number of aryl methyl sites for hydroxylation is 1. The predicted molar refractivity (Wildman–Crippen MR) is 120 cm³/mol. The largest absolute Gasteiger partial charge is 0.454 e. The Balaban J connectivity index is 1.35. The third-order valence-corrected chi connectivity index (χ3v) is 8.80. The molecular weight excluding hydrogens is 446 g/mol. The van der Waals surface area contributed by atoms with Crippen molar-refractivity contribution in [3.05, 3.63) is 41.7 Å². The van der Waals surface area contributed by atoms with E-state index in [1.165, 1.54) is 16.6 Å². The van der Waals surface area contributed by atoms with Gasteiger partial charge in [-0.25, -0.2) is 8.42 Å². The zero-order valence-electron chi connectivity index (χ0n) is 18.7. The summed E-state index contributed by atoms with van der Waals surface area (Å²) in [6, 6.07) is 7.39. The second kappa shape index (κ2) is 8.66. The first-order chi connectivity index (χ1) is 15.9. The summed E-state index contributed by atoms with van der Waals surface area (Å²) >= 11 is 0. The molecule has 1 aromatic heterocycles. The van der Waals surface area contributed by atoms with Crippen LogP contribution < -0.4 is 14.8 Å². The number of carbonyl (C=O) groups is 1. The molecule has 0 bridgehead atoms. The first-order valence-corrected chi connectivity index (χ1v) is 12.8. The zero-order chi connectivity index (χ0) is 23.1. The van der Waals surface area contributed by atoms with E-state index in [0.29, 0.717) is 44.3 Å². The van der Waals surface area contributed by atoms with Gasteiger partial charge in [0, 0.05) is 51.5 Å². The van der Waals surface area contributed by atoms with Crippen molar-refractivity contribution in [3.8, 4) is 11.5 Å². The normalized spacial score (nSPS) is 20.2. The fourth-order valence-electron chi connectivity index (χ4n) is 4.87. The van der Waals surface area contributed by atoms with Gasteiger partial charge in [-0.15, -0.1) is 0 Å². The molecule has 0 unspecified atom stereocenters. The molecule has 0 spiro atoms. The van der Waals surface area contributed by atoms with Crippen molar-refractivity contribution in [2.24, 2.45) is 7.05 Å². The average Bonchev–Trinajstić information content (AvgIpc) is 3.58. The number of carbonyl (C=O) groups excluding carboxylic acids is 1. The highest BCUT2D eigenvalue weighted by molar-refractivity contribution is 7.89. The number of nitrogens with zero attached hydrogens (tertiary/aromatic N) is 2. The van der Waals surface area contributed by atoms with Gasteiger partial charge in [-0.1, -0.05) is 6.07 Å². The predicted octanol–water partition coefficient (Wildman–Crippen LogP) is 2.02. The van der Waals surface area contributed by atoms with Gasteiger partial charge in [-0.05, 0) is 49.4 Å². The van der Waals surface area contributed by atoms with Gasteiger partial charge in [0.05, 0.1) is 0 Å². The van der Waals surface area contributed by atoms with Gasteiger partial charge in [-0.2, -0.15) is 4.31 Å². The number of aromatic nitrogens is 1. The molecule has 10 heteroatoms. The van der Waals surface area contributed by atoms with Crippen LogP contribution in [-0.2, 0) is 27.2 Å². The summed E-state index contributed by atoms with van der Waals surface area (Å²) in [4.78, 5) is 13.3. The molecule has 33 heavy (non-hydrogen) atoms. The Kier molecular flexibility index (Phi) is 5.84. The van der Waals surface area contributed by atoms with Crippen LogP contribution in [0, 0.1) is 0 Å². The summed E-state index contributed by atoms with van der Waals surface area (Å²) in [5.74, 6) is 1.14. The Morgan fingerprint density at radius 1 is 1.09 bits per heavy atom. The molecule has 0 aliphatic carbocycles. The molecule has 178 valence electrons. The zero-order valence-corrected chi connectivity index (χ0v) is 19.5. The number of nitrogens with one attached hydrogen (secondary N) is 1. The van der Waals surface area contributed by atoms with E-state index in [9.17, 15) is 13.2 Å². The van der Waals surface area contributed by atoms with Gasteiger partial charge < -0.3 is 24.1 Å². The molecular formula is C23H29N3O6S. The Morgan fingerprint density at radius 3 is 2.58 bits per heavy atom. The van der Waals surface area contributed by atoms with Crippen molar-refractivity contribution in [1.29, 1.82) is 0 Å². The molecule has 4 heterocycles. The minimum absolute atomic E-state index is 0.161. The smallest absolute Gasteiger partial charge is 0.267 e. The number of sulfonamides is 1. The third-order valence-electron chi connectivity index (χ3n) is 6.94. The Hall–Kier alpha value is -2.56.